The minimum Gasteiger partial charge on any atom is -0.335 e. The van der Waals surface area contributed by atoms with Crippen molar-refractivity contribution >= 4 is 6.03 Å². The number of likely N-dealkylation sites (tertiary alicyclic amines) is 1. The Morgan fingerprint density at radius 1 is 1.22 bits per heavy atom. The first-order valence-corrected chi connectivity index (χ1v) is 7.38. The van der Waals surface area contributed by atoms with Crippen molar-refractivity contribution in [1.82, 2.24) is 15.1 Å². The fourth-order valence-corrected chi connectivity index (χ4v) is 3.14. The zero-order valence-electron chi connectivity index (χ0n) is 11.8. The lowest BCUT2D eigenvalue weighted by molar-refractivity contribution is 0.183. The van der Waals surface area contributed by atoms with Gasteiger partial charge in [0, 0.05) is 25.7 Å². The summed E-state index contributed by atoms with van der Waals surface area (Å²) in [6, 6.07) is 1.07. The molecule has 1 saturated heterocycles. The second-order valence-corrected chi connectivity index (χ2v) is 5.94. The maximum absolute atomic E-state index is 12.1. The minimum absolute atomic E-state index is 0.113. The molecular formula is C14H27N3O. The fourth-order valence-electron chi connectivity index (χ4n) is 3.14. The van der Waals surface area contributed by atoms with Crippen LogP contribution in [0, 0.1) is 0 Å². The van der Waals surface area contributed by atoms with E-state index in [9.17, 15) is 4.79 Å². The molecule has 4 heteroatoms. The van der Waals surface area contributed by atoms with E-state index in [1.807, 2.05) is 11.9 Å². The summed E-state index contributed by atoms with van der Waals surface area (Å²) in [5, 5.41) is 3.18. The molecule has 1 unspecified atom stereocenters. The van der Waals surface area contributed by atoms with E-state index in [1.165, 1.54) is 38.6 Å². The van der Waals surface area contributed by atoms with Gasteiger partial charge in [0.2, 0.25) is 0 Å². The van der Waals surface area contributed by atoms with Crippen molar-refractivity contribution < 1.29 is 4.79 Å². The number of nitrogens with zero attached hydrogens (tertiary/aromatic N) is 2. The van der Waals surface area contributed by atoms with Crippen LogP contribution in [-0.2, 0) is 0 Å². The third-order valence-electron chi connectivity index (χ3n) is 4.44. The lowest BCUT2D eigenvalue weighted by atomic mass is 9.96. The van der Waals surface area contributed by atoms with Gasteiger partial charge in [-0.05, 0) is 39.3 Å². The van der Waals surface area contributed by atoms with E-state index in [4.69, 9.17) is 0 Å². The number of hydrogen-bond donors (Lipinski definition) is 1. The van der Waals surface area contributed by atoms with Gasteiger partial charge in [-0.3, -0.25) is 0 Å². The first-order valence-electron chi connectivity index (χ1n) is 7.38. The molecule has 0 aromatic rings. The van der Waals surface area contributed by atoms with E-state index in [1.54, 1.807) is 0 Å². The van der Waals surface area contributed by atoms with Gasteiger partial charge in [0.05, 0.1) is 0 Å². The zero-order chi connectivity index (χ0) is 13.0. The van der Waals surface area contributed by atoms with Crippen molar-refractivity contribution in [2.24, 2.45) is 0 Å². The molecule has 2 fully saturated rings. The van der Waals surface area contributed by atoms with E-state index in [0.29, 0.717) is 12.1 Å². The number of carbonyl (C=O) groups is 1. The van der Waals surface area contributed by atoms with Gasteiger partial charge in [0.15, 0.2) is 0 Å². The van der Waals surface area contributed by atoms with Crippen LogP contribution in [-0.4, -0.2) is 55.1 Å². The van der Waals surface area contributed by atoms with Gasteiger partial charge < -0.3 is 15.1 Å². The molecular weight excluding hydrogens is 226 g/mol. The first kappa shape index (κ1) is 13.7. The standard InChI is InChI=1S/C14H27N3O/c1-16-10-6-9-13(16)11-17(2)14(18)15-12-7-4-3-5-8-12/h12-13H,3-11H2,1-2H3,(H,15,18). The summed E-state index contributed by atoms with van der Waals surface area (Å²) < 4.78 is 0. The van der Waals surface area contributed by atoms with E-state index < -0.39 is 0 Å². The molecule has 1 atom stereocenters. The number of amides is 2. The van der Waals surface area contributed by atoms with Crippen molar-refractivity contribution in [1.29, 1.82) is 0 Å². The van der Waals surface area contributed by atoms with Gasteiger partial charge in [-0.2, -0.15) is 0 Å². The SMILES string of the molecule is CN(CC1CCCN1C)C(=O)NC1CCCCC1. The van der Waals surface area contributed by atoms with Gasteiger partial charge in [-0.15, -0.1) is 0 Å². The lowest BCUT2D eigenvalue weighted by Crippen LogP contribution is -2.47. The fraction of sp³-hybridized carbons (Fsp3) is 0.929. The summed E-state index contributed by atoms with van der Waals surface area (Å²) in [6.45, 7) is 2.03. The Labute approximate surface area is 111 Å². The molecule has 1 aliphatic heterocycles. The van der Waals surface area contributed by atoms with Crippen LogP contribution in [0.3, 0.4) is 0 Å². The molecule has 1 heterocycles. The number of rotatable bonds is 3. The van der Waals surface area contributed by atoms with Crippen molar-refractivity contribution in [3.63, 3.8) is 0 Å². The molecule has 0 spiro atoms. The van der Waals surface area contributed by atoms with Crippen LogP contribution < -0.4 is 5.32 Å². The Balaban J connectivity index is 1.73. The summed E-state index contributed by atoms with van der Waals surface area (Å²) in [5.41, 5.74) is 0. The first-order chi connectivity index (χ1) is 8.66. The van der Waals surface area contributed by atoms with Crippen LogP contribution >= 0.6 is 0 Å². The Morgan fingerprint density at radius 2 is 1.94 bits per heavy atom. The molecule has 104 valence electrons. The minimum atomic E-state index is 0.113. The molecule has 2 amide bonds. The van der Waals surface area contributed by atoms with Crippen LogP contribution in [0.4, 0.5) is 4.79 Å². The molecule has 2 rings (SSSR count). The van der Waals surface area contributed by atoms with Crippen LogP contribution in [0.5, 0.6) is 0 Å². The average Bonchev–Trinajstić information content (AvgIpc) is 2.76. The molecule has 1 aliphatic carbocycles. The third-order valence-corrected chi connectivity index (χ3v) is 4.44. The second kappa shape index (κ2) is 6.41. The van der Waals surface area contributed by atoms with Crippen LogP contribution in [0.15, 0.2) is 0 Å². The van der Waals surface area contributed by atoms with Gasteiger partial charge in [-0.25, -0.2) is 4.79 Å². The Kier molecular flexibility index (Phi) is 4.87. The summed E-state index contributed by atoms with van der Waals surface area (Å²) in [4.78, 5) is 16.3. The highest BCUT2D eigenvalue weighted by Gasteiger charge is 2.25. The molecule has 4 nitrogen and oxygen atoms in total. The van der Waals surface area contributed by atoms with E-state index in [-0.39, 0.29) is 6.03 Å². The highest BCUT2D eigenvalue weighted by molar-refractivity contribution is 5.74. The van der Waals surface area contributed by atoms with Crippen molar-refractivity contribution in [2.75, 3.05) is 27.2 Å². The van der Waals surface area contributed by atoms with Crippen LogP contribution in [0.25, 0.3) is 0 Å². The number of urea groups is 1. The maximum atomic E-state index is 12.1. The summed E-state index contributed by atoms with van der Waals surface area (Å²) in [7, 11) is 4.08. The highest BCUT2D eigenvalue weighted by atomic mass is 16.2. The molecule has 0 radical (unpaired) electrons. The topological polar surface area (TPSA) is 35.6 Å². The monoisotopic (exact) mass is 253 g/mol. The van der Waals surface area contributed by atoms with Gasteiger partial charge in [0.25, 0.3) is 0 Å². The average molecular weight is 253 g/mol. The van der Waals surface area contributed by atoms with E-state index in [2.05, 4.69) is 17.3 Å². The largest absolute Gasteiger partial charge is 0.335 e. The van der Waals surface area contributed by atoms with Gasteiger partial charge >= 0.3 is 6.03 Å². The molecule has 1 saturated carbocycles. The number of likely N-dealkylation sites (N-methyl/N-ethyl adjacent to an activating group) is 2. The maximum Gasteiger partial charge on any atom is 0.317 e. The van der Waals surface area contributed by atoms with Crippen molar-refractivity contribution in [3.05, 3.63) is 0 Å². The summed E-state index contributed by atoms with van der Waals surface area (Å²) in [5.74, 6) is 0. The Hall–Kier alpha value is -0.770. The Bertz CT molecular complexity index is 276. The molecule has 2 aliphatic rings. The molecule has 0 aromatic carbocycles. The predicted octanol–water partition coefficient (Wildman–Crippen LogP) is 2.05. The normalized spacial score (nSPS) is 26.2. The van der Waals surface area contributed by atoms with Crippen LogP contribution in [0.2, 0.25) is 0 Å². The highest BCUT2D eigenvalue weighted by Crippen LogP contribution is 2.18. The number of carbonyl (C=O) groups excluding carboxylic acids is 1. The third kappa shape index (κ3) is 3.61. The predicted molar refractivity (Wildman–Crippen MR) is 73.7 cm³/mol. The smallest absolute Gasteiger partial charge is 0.317 e. The lowest BCUT2D eigenvalue weighted by Gasteiger charge is -2.29. The van der Waals surface area contributed by atoms with Crippen LogP contribution in [0.1, 0.15) is 44.9 Å². The summed E-state index contributed by atoms with van der Waals surface area (Å²) in [6.07, 6.45) is 8.65. The summed E-state index contributed by atoms with van der Waals surface area (Å²) >= 11 is 0. The quantitative estimate of drug-likeness (QED) is 0.835. The van der Waals surface area contributed by atoms with E-state index >= 15 is 0 Å². The zero-order valence-corrected chi connectivity index (χ0v) is 11.8. The van der Waals surface area contributed by atoms with Crippen molar-refractivity contribution in [2.45, 2.75) is 57.0 Å². The van der Waals surface area contributed by atoms with E-state index in [0.717, 1.165) is 19.4 Å². The van der Waals surface area contributed by atoms with Gasteiger partial charge in [-0.1, -0.05) is 19.3 Å². The second-order valence-electron chi connectivity index (χ2n) is 5.94. The Morgan fingerprint density at radius 3 is 2.56 bits per heavy atom. The number of hydrogen-bond acceptors (Lipinski definition) is 2. The van der Waals surface area contributed by atoms with Crippen molar-refractivity contribution in [3.8, 4) is 0 Å². The number of nitrogens with one attached hydrogen (secondary N) is 1. The molecule has 0 bridgehead atoms. The molecule has 1 N–H and O–H groups in total. The molecule has 0 aromatic heterocycles. The molecule has 18 heavy (non-hydrogen) atoms. The van der Waals surface area contributed by atoms with Gasteiger partial charge in [0.1, 0.15) is 0 Å².